The van der Waals surface area contributed by atoms with Crippen LogP contribution in [0.25, 0.3) is 11.2 Å². The first-order valence-electron chi connectivity index (χ1n) is 11.9. The number of aromatic nitrogens is 4. The van der Waals surface area contributed by atoms with E-state index in [1.807, 2.05) is 4.57 Å². The molecule has 0 amide bonds. The minimum absolute atomic E-state index is 0.0380. The Kier molecular flexibility index (Phi) is 8.75. The molecule has 0 bridgehead atoms. The molecule has 0 fully saturated rings. The number of imidazole rings is 1. The Labute approximate surface area is 206 Å². The van der Waals surface area contributed by atoms with E-state index in [-0.39, 0.29) is 23.3 Å². The van der Waals surface area contributed by atoms with Crippen molar-refractivity contribution in [1.29, 1.82) is 0 Å². The van der Waals surface area contributed by atoms with Gasteiger partial charge in [0.25, 0.3) is 0 Å². The highest BCUT2D eigenvalue weighted by atomic mass is 28.4. The van der Waals surface area contributed by atoms with Crippen molar-refractivity contribution in [2.45, 2.75) is 103 Å². The quantitative estimate of drug-likeness (QED) is 0.440. The number of rotatable bonds is 10. The molecule has 3 atom stereocenters. The molecule has 0 aromatic carbocycles. The van der Waals surface area contributed by atoms with E-state index in [9.17, 15) is 5.11 Å². The van der Waals surface area contributed by atoms with Crippen molar-refractivity contribution in [2.75, 3.05) is 18.9 Å². The molecule has 11 heteroatoms. The highest BCUT2D eigenvalue weighted by Gasteiger charge is 2.40. The molecule has 2 aromatic rings. The molecule has 3 N–H and O–H groups in total. The zero-order valence-electron chi connectivity index (χ0n) is 22.8. The van der Waals surface area contributed by atoms with Crippen molar-refractivity contribution in [3.05, 3.63) is 12.7 Å². The molecular weight excluding hydrogens is 466 g/mol. The number of hydrogen-bond acceptors (Lipinski definition) is 8. The number of nitrogens with two attached hydrogens (primary N) is 1. The van der Waals surface area contributed by atoms with Crippen molar-refractivity contribution < 1.29 is 18.7 Å². The maximum Gasteiger partial charge on any atom is 0.192 e. The van der Waals surface area contributed by atoms with E-state index >= 15 is 0 Å². The maximum absolute atomic E-state index is 10.6. The molecule has 0 saturated carbocycles. The second-order valence-corrected chi connectivity index (χ2v) is 21.7. The van der Waals surface area contributed by atoms with Crippen LogP contribution in [0, 0.1) is 0 Å². The van der Waals surface area contributed by atoms with Gasteiger partial charge in [-0.3, -0.25) is 4.57 Å². The normalized spacial score (nSPS) is 16.6. The van der Waals surface area contributed by atoms with E-state index in [0.29, 0.717) is 17.0 Å². The molecule has 2 aromatic heterocycles. The standard InChI is InChI=1S/C23H45N5O4Si2/c1-16(29)17(12-30-33(8,9)22(2,3)4)32-18(13-31-34(10,11)23(5,6)7)28-15-27-19-20(24)25-14-26-21(19)28/h14-18,29H,12-13H2,1-11H3,(H2,24,25,26)/t16-,17-,18-/m1/s1. The fourth-order valence-electron chi connectivity index (χ4n) is 2.76. The van der Waals surface area contributed by atoms with Gasteiger partial charge in [-0.1, -0.05) is 41.5 Å². The monoisotopic (exact) mass is 511 g/mol. The number of aliphatic hydroxyl groups excluding tert-OH is 1. The van der Waals surface area contributed by atoms with Gasteiger partial charge in [0.1, 0.15) is 17.9 Å². The highest BCUT2D eigenvalue weighted by Crippen LogP contribution is 2.38. The topological polar surface area (TPSA) is 118 Å². The summed E-state index contributed by atoms with van der Waals surface area (Å²) in [5.41, 5.74) is 7.08. The summed E-state index contributed by atoms with van der Waals surface area (Å²) in [7, 11) is -4.10. The highest BCUT2D eigenvalue weighted by molar-refractivity contribution is 6.74. The van der Waals surface area contributed by atoms with Gasteiger partial charge in [-0.2, -0.15) is 0 Å². The van der Waals surface area contributed by atoms with Gasteiger partial charge in [-0.15, -0.1) is 0 Å². The molecule has 34 heavy (non-hydrogen) atoms. The molecule has 9 nitrogen and oxygen atoms in total. The van der Waals surface area contributed by atoms with Crippen LogP contribution in [0.3, 0.4) is 0 Å². The number of ether oxygens (including phenoxy) is 1. The minimum Gasteiger partial charge on any atom is -0.414 e. The summed E-state index contributed by atoms with van der Waals surface area (Å²) >= 11 is 0. The van der Waals surface area contributed by atoms with Gasteiger partial charge in [0.2, 0.25) is 0 Å². The number of aliphatic hydroxyl groups is 1. The van der Waals surface area contributed by atoms with Crippen LogP contribution in [-0.4, -0.2) is 66.7 Å². The third-order valence-electron chi connectivity index (χ3n) is 7.37. The molecule has 0 aliphatic rings. The number of hydrogen-bond donors (Lipinski definition) is 2. The van der Waals surface area contributed by atoms with Crippen LogP contribution >= 0.6 is 0 Å². The fourth-order valence-corrected chi connectivity index (χ4v) is 4.77. The molecule has 0 aliphatic heterocycles. The van der Waals surface area contributed by atoms with Gasteiger partial charge in [-0.05, 0) is 43.2 Å². The minimum atomic E-state index is -2.07. The van der Waals surface area contributed by atoms with Crippen molar-refractivity contribution in [3.63, 3.8) is 0 Å². The van der Waals surface area contributed by atoms with Gasteiger partial charge in [0, 0.05) is 0 Å². The zero-order chi connectivity index (χ0) is 26.1. The molecule has 2 heterocycles. The second kappa shape index (κ2) is 10.3. The van der Waals surface area contributed by atoms with E-state index < -0.39 is 35.1 Å². The molecule has 0 unspecified atom stereocenters. The van der Waals surface area contributed by atoms with E-state index in [4.69, 9.17) is 19.3 Å². The lowest BCUT2D eigenvalue weighted by molar-refractivity contribution is -0.128. The second-order valence-electron chi connectivity index (χ2n) is 12.1. The van der Waals surface area contributed by atoms with Crippen molar-refractivity contribution in [2.24, 2.45) is 0 Å². The first-order chi connectivity index (χ1) is 15.4. The predicted molar refractivity (Wildman–Crippen MR) is 142 cm³/mol. The van der Waals surface area contributed by atoms with Crippen LogP contribution in [0.2, 0.25) is 36.3 Å². The Morgan fingerprint density at radius 2 is 1.47 bits per heavy atom. The van der Waals surface area contributed by atoms with E-state index in [2.05, 4.69) is 82.7 Å². The number of fused-ring (bicyclic) bond motifs is 1. The Bertz CT molecular complexity index is 951. The Morgan fingerprint density at radius 3 is 1.97 bits per heavy atom. The van der Waals surface area contributed by atoms with Gasteiger partial charge in [0.05, 0.1) is 25.6 Å². The molecule has 0 radical (unpaired) electrons. The summed E-state index contributed by atoms with van der Waals surface area (Å²) in [4.78, 5) is 12.8. The van der Waals surface area contributed by atoms with Gasteiger partial charge < -0.3 is 24.4 Å². The molecule has 194 valence electrons. The van der Waals surface area contributed by atoms with Crippen molar-refractivity contribution in [1.82, 2.24) is 19.5 Å². The number of anilines is 1. The smallest absolute Gasteiger partial charge is 0.192 e. The summed E-state index contributed by atoms with van der Waals surface area (Å²) in [5, 5.41) is 10.7. The van der Waals surface area contributed by atoms with Crippen LogP contribution in [0.4, 0.5) is 5.82 Å². The largest absolute Gasteiger partial charge is 0.414 e. The van der Waals surface area contributed by atoms with Crippen LogP contribution in [0.1, 0.15) is 54.7 Å². The van der Waals surface area contributed by atoms with Crippen molar-refractivity contribution in [3.8, 4) is 0 Å². The lowest BCUT2D eigenvalue weighted by Gasteiger charge is -2.39. The van der Waals surface area contributed by atoms with Crippen molar-refractivity contribution >= 4 is 33.6 Å². The number of nitrogens with zero attached hydrogens (tertiary/aromatic N) is 4. The molecule has 0 saturated heterocycles. The van der Waals surface area contributed by atoms with Crippen LogP contribution in [-0.2, 0) is 13.6 Å². The zero-order valence-corrected chi connectivity index (χ0v) is 24.8. The van der Waals surface area contributed by atoms with Gasteiger partial charge in [-0.25, -0.2) is 15.0 Å². The Balaban J connectivity index is 2.36. The molecular formula is C23H45N5O4Si2. The van der Waals surface area contributed by atoms with E-state index in [1.54, 1.807) is 13.3 Å². The van der Waals surface area contributed by atoms with E-state index in [0.717, 1.165) is 0 Å². The van der Waals surface area contributed by atoms with Gasteiger partial charge >= 0.3 is 0 Å². The summed E-state index contributed by atoms with van der Waals surface area (Å²) in [6.07, 6.45) is 1.18. The Morgan fingerprint density at radius 1 is 0.941 bits per heavy atom. The number of nitrogen functional groups attached to an aromatic ring is 1. The summed E-state index contributed by atoms with van der Waals surface area (Å²) < 4.78 is 21.2. The lowest BCUT2D eigenvalue weighted by Crippen LogP contribution is -2.46. The average Bonchev–Trinajstić information content (AvgIpc) is 3.10. The lowest BCUT2D eigenvalue weighted by atomic mass is 10.2. The Hall–Kier alpha value is -1.38. The van der Waals surface area contributed by atoms with Gasteiger partial charge in [0.15, 0.2) is 34.3 Å². The first kappa shape index (κ1) is 28.9. The average molecular weight is 512 g/mol. The molecule has 0 spiro atoms. The maximum atomic E-state index is 10.6. The molecule has 2 rings (SSSR count). The summed E-state index contributed by atoms with van der Waals surface area (Å²) in [6.45, 7) is 24.2. The third-order valence-corrected chi connectivity index (χ3v) is 16.4. The van der Waals surface area contributed by atoms with Crippen LogP contribution in [0.5, 0.6) is 0 Å². The first-order valence-corrected chi connectivity index (χ1v) is 17.7. The fraction of sp³-hybridized carbons (Fsp3) is 0.783. The van der Waals surface area contributed by atoms with Crippen LogP contribution < -0.4 is 5.73 Å². The summed E-state index contributed by atoms with van der Waals surface area (Å²) in [6, 6.07) is 0. The van der Waals surface area contributed by atoms with Crippen LogP contribution in [0.15, 0.2) is 12.7 Å². The predicted octanol–water partition coefficient (Wildman–Crippen LogP) is 4.72. The SMILES string of the molecule is C[C@@H](O)[C@@H](CO[Si](C)(C)C(C)(C)C)O[C@H](CO[Si](C)(C)C(C)(C)C)n1cnc2c(N)ncnc21. The molecule has 0 aliphatic carbocycles. The van der Waals surface area contributed by atoms with E-state index in [1.165, 1.54) is 6.33 Å². The third kappa shape index (κ3) is 6.64. The summed E-state index contributed by atoms with van der Waals surface area (Å²) in [5.74, 6) is 0.307.